The number of benzene rings is 1. The maximum atomic E-state index is 12.0. The Hall–Kier alpha value is -1.57. The number of hydrogen-bond donors (Lipinski definition) is 0. The van der Waals surface area contributed by atoms with Gasteiger partial charge in [0.25, 0.3) is 0 Å². The van der Waals surface area contributed by atoms with Crippen LogP contribution < -0.4 is 10.4 Å². The van der Waals surface area contributed by atoms with Gasteiger partial charge in [-0.3, -0.25) is 0 Å². The maximum absolute atomic E-state index is 12.0. The molecule has 0 atom stereocenters. The average Bonchev–Trinajstić information content (AvgIpc) is 2.79. The van der Waals surface area contributed by atoms with Crippen LogP contribution in [0, 0.1) is 0 Å². The molecule has 1 aromatic heterocycles. The molecule has 7 nitrogen and oxygen atoms in total. The molecule has 0 aliphatic rings. The summed E-state index contributed by atoms with van der Waals surface area (Å²) in [5, 5.41) is 8.08. The summed E-state index contributed by atoms with van der Waals surface area (Å²) in [7, 11) is 1.49. The minimum Gasteiger partial charge on any atom is -0.466 e. The van der Waals surface area contributed by atoms with Crippen LogP contribution in [0.4, 0.5) is 0 Å². The van der Waals surface area contributed by atoms with Crippen molar-refractivity contribution in [1.82, 2.24) is 19.8 Å². The van der Waals surface area contributed by atoms with Crippen molar-refractivity contribution in [2.24, 2.45) is 0 Å². The van der Waals surface area contributed by atoms with Crippen LogP contribution in [0.3, 0.4) is 0 Å². The summed E-state index contributed by atoms with van der Waals surface area (Å²) in [6, 6.07) is 2.99. The summed E-state index contributed by atoms with van der Waals surface area (Å²) in [6.07, 6.45) is 0. The highest BCUT2D eigenvalue weighted by molar-refractivity contribution is 6.36. The van der Waals surface area contributed by atoms with Gasteiger partial charge >= 0.3 is 5.69 Å². The molecule has 0 bridgehead atoms. The van der Waals surface area contributed by atoms with Crippen molar-refractivity contribution >= 4 is 23.2 Å². The zero-order valence-corrected chi connectivity index (χ0v) is 12.4. The van der Waals surface area contributed by atoms with Crippen LogP contribution in [0.25, 0.3) is 5.69 Å². The second-order valence-electron chi connectivity index (χ2n) is 3.77. The smallest absolute Gasteiger partial charge is 0.368 e. The lowest BCUT2D eigenvalue weighted by Crippen LogP contribution is -2.23. The third-order valence-corrected chi connectivity index (χ3v) is 3.10. The van der Waals surface area contributed by atoms with Gasteiger partial charge in [0.15, 0.2) is 6.79 Å². The Morgan fingerprint density at radius 3 is 2.60 bits per heavy atom. The number of ether oxygens (including phenoxy) is 2. The van der Waals surface area contributed by atoms with Crippen LogP contribution in [0.5, 0.6) is 5.75 Å². The number of halogens is 2. The zero-order valence-electron chi connectivity index (χ0n) is 10.8. The third kappa shape index (κ3) is 2.79. The normalized spacial score (nSPS) is 10.8. The van der Waals surface area contributed by atoms with E-state index in [9.17, 15) is 4.79 Å². The first-order valence-electron chi connectivity index (χ1n) is 5.72. The number of tetrazole rings is 1. The summed E-state index contributed by atoms with van der Waals surface area (Å²) in [4.78, 5) is 12.0. The standard InChI is InChI=1S/C11H12Cl2N4O3/c1-3-16-11(18)17(15-14-16)9-5-10(20-6-19-2)8(13)4-7(9)12/h4-5H,3,6H2,1-2H3. The lowest BCUT2D eigenvalue weighted by atomic mass is 10.3. The molecule has 0 fully saturated rings. The SMILES string of the molecule is CCn1nnn(-c2cc(OCOC)c(Cl)cc2Cl)c1=O. The van der Waals surface area contributed by atoms with E-state index in [2.05, 4.69) is 10.4 Å². The van der Waals surface area contributed by atoms with Gasteiger partial charge in [0.05, 0.1) is 15.7 Å². The van der Waals surface area contributed by atoms with Gasteiger partial charge < -0.3 is 9.47 Å². The van der Waals surface area contributed by atoms with E-state index in [1.807, 2.05) is 0 Å². The van der Waals surface area contributed by atoms with Gasteiger partial charge in [0.1, 0.15) is 5.75 Å². The lowest BCUT2D eigenvalue weighted by molar-refractivity contribution is 0.0512. The van der Waals surface area contributed by atoms with Crippen LogP contribution in [-0.4, -0.2) is 33.7 Å². The van der Waals surface area contributed by atoms with E-state index in [0.717, 1.165) is 4.68 Å². The second kappa shape index (κ2) is 6.25. The van der Waals surface area contributed by atoms with E-state index < -0.39 is 5.69 Å². The summed E-state index contributed by atoms with van der Waals surface area (Å²) in [6.45, 7) is 2.23. The molecule has 0 N–H and O–H groups in total. The Labute approximate surface area is 124 Å². The highest BCUT2D eigenvalue weighted by atomic mass is 35.5. The molecule has 2 aromatic rings. The van der Waals surface area contributed by atoms with Gasteiger partial charge in [-0.25, -0.2) is 4.79 Å². The van der Waals surface area contributed by atoms with Crippen molar-refractivity contribution in [3.63, 3.8) is 0 Å². The van der Waals surface area contributed by atoms with E-state index in [4.69, 9.17) is 32.7 Å². The maximum Gasteiger partial charge on any atom is 0.368 e. The highest BCUT2D eigenvalue weighted by Gasteiger charge is 2.15. The fourth-order valence-electron chi connectivity index (χ4n) is 1.54. The van der Waals surface area contributed by atoms with Gasteiger partial charge in [-0.2, -0.15) is 9.36 Å². The van der Waals surface area contributed by atoms with E-state index in [0.29, 0.717) is 23.0 Å². The fourth-order valence-corrected chi connectivity index (χ4v) is 2.06. The minimum atomic E-state index is -0.394. The zero-order chi connectivity index (χ0) is 14.7. The van der Waals surface area contributed by atoms with Crippen molar-refractivity contribution in [2.75, 3.05) is 13.9 Å². The summed E-state index contributed by atoms with van der Waals surface area (Å²) >= 11 is 12.1. The van der Waals surface area contributed by atoms with Gasteiger partial charge in [-0.15, -0.1) is 0 Å². The van der Waals surface area contributed by atoms with Crippen molar-refractivity contribution in [1.29, 1.82) is 0 Å². The molecular formula is C11H12Cl2N4O3. The number of methoxy groups -OCH3 is 1. The summed E-state index contributed by atoms with van der Waals surface area (Å²) < 4.78 is 12.4. The first kappa shape index (κ1) is 14.8. The predicted molar refractivity (Wildman–Crippen MR) is 73.8 cm³/mol. The monoisotopic (exact) mass is 318 g/mol. The number of rotatable bonds is 5. The van der Waals surface area contributed by atoms with Crippen LogP contribution in [-0.2, 0) is 11.3 Å². The van der Waals surface area contributed by atoms with Gasteiger partial charge in [0.2, 0.25) is 0 Å². The lowest BCUT2D eigenvalue weighted by Gasteiger charge is -2.10. The van der Waals surface area contributed by atoms with E-state index in [-0.39, 0.29) is 11.8 Å². The molecule has 0 amide bonds. The van der Waals surface area contributed by atoms with Crippen molar-refractivity contribution in [2.45, 2.75) is 13.5 Å². The molecule has 1 heterocycles. The Kier molecular flexibility index (Phi) is 4.64. The second-order valence-corrected chi connectivity index (χ2v) is 4.59. The van der Waals surface area contributed by atoms with Crippen LogP contribution in [0.2, 0.25) is 10.0 Å². The highest BCUT2D eigenvalue weighted by Crippen LogP contribution is 2.32. The van der Waals surface area contributed by atoms with E-state index >= 15 is 0 Å². The number of aryl methyl sites for hydroxylation is 1. The van der Waals surface area contributed by atoms with Gasteiger partial charge in [-0.05, 0) is 23.4 Å². The molecule has 9 heteroatoms. The summed E-state index contributed by atoms with van der Waals surface area (Å²) in [5.74, 6) is 0.339. The van der Waals surface area contributed by atoms with Crippen LogP contribution in [0.1, 0.15) is 6.92 Å². The topological polar surface area (TPSA) is 71.2 Å². The predicted octanol–water partition coefficient (Wildman–Crippen LogP) is 1.74. The van der Waals surface area contributed by atoms with Gasteiger partial charge in [0, 0.05) is 19.7 Å². The minimum absolute atomic E-state index is 0.0251. The number of nitrogens with zero attached hydrogens (tertiary/aromatic N) is 4. The van der Waals surface area contributed by atoms with E-state index in [1.54, 1.807) is 6.92 Å². The fraction of sp³-hybridized carbons (Fsp3) is 0.364. The first-order chi connectivity index (χ1) is 9.58. The molecule has 0 saturated heterocycles. The van der Waals surface area contributed by atoms with E-state index in [1.165, 1.54) is 23.9 Å². The molecule has 0 aliphatic heterocycles. The Morgan fingerprint density at radius 1 is 1.25 bits per heavy atom. The molecule has 0 spiro atoms. The molecule has 108 valence electrons. The molecule has 0 radical (unpaired) electrons. The molecule has 2 rings (SSSR count). The Balaban J connectivity index is 2.50. The van der Waals surface area contributed by atoms with Crippen LogP contribution >= 0.6 is 23.2 Å². The molecular weight excluding hydrogens is 307 g/mol. The Morgan fingerprint density at radius 2 is 2.00 bits per heavy atom. The number of hydrogen-bond acceptors (Lipinski definition) is 5. The average molecular weight is 319 g/mol. The molecule has 0 saturated carbocycles. The number of aromatic nitrogens is 4. The molecule has 20 heavy (non-hydrogen) atoms. The largest absolute Gasteiger partial charge is 0.466 e. The van der Waals surface area contributed by atoms with Crippen molar-refractivity contribution in [3.05, 3.63) is 32.7 Å². The Bertz CT molecular complexity index is 668. The molecule has 0 unspecified atom stereocenters. The van der Waals surface area contributed by atoms with Crippen molar-refractivity contribution in [3.8, 4) is 11.4 Å². The quantitative estimate of drug-likeness (QED) is 0.785. The van der Waals surface area contributed by atoms with Crippen LogP contribution in [0.15, 0.2) is 16.9 Å². The third-order valence-electron chi connectivity index (χ3n) is 2.50. The summed E-state index contributed by atoms with van der Waals surface area (Å²) in [5.41, 5.74) is -0.0544. The van der Waals surface area contributed by atoms with Crippen molar-refractivity contribution < 1.29 is 9.47 Å². The van der Waals surface area contributed by atoms with Gasteiger partial charge in [-0.1, -0.05) is 23.2 Å². The molecule has 1 aromatic carbocycles. The molecule has 0 aliphatic carbocycles. The first-order valence-corrected chi connectivity index (χ1v) is 6.48.